The predicted molar refractivity (Wildman–Crippen MR) is 112 cm³/mol. The van der Waals surface area contributed by atoms with Gasteiger partial charge in [-0.2, -0.15) is 0 Å². The van der Waals surface area contributed by atoms with Gasteiger partial charge in [0.15, 0.2) is 16.8 Å². The summed E-state index contributed by atoms with van der Waals surface area (Å²) < 4.78 is 1.85. The summed E-state index contributed by atoms with van der Waals surface area (Å²) in [5.74, 6) is 0.531. The van der Waals surface area contributed by atoms with E-state index >= 15 is 0 Å². The van der Waals surface area contributed by atoms with Crippen LogP contribution in [0.3, 0.4) is 0 Å². The molecule has 0 spiro atoms. The number of Topliss-reactive ketones (excluding diaryl/α,β-unsaturated/α-hetero) is 1. The normalized spacial score (nSPS) is 11.9. The molecule has 0 aliphatic carbocycles. The summed E-state index contributed by atoms with van der Waals surface area (Å²) in [5.41, 5.74) is 2.14. The molecule has 0 saturated heterocycles. The molecular formula is C20H19ClN4O2S. The van der Waals surface area contributed by atoms with Crippen molar-refractivity contribution in [3.63, 3.8) is 0 Å². The molecule has 1 aromatic heterocycles. The summed E-state index contributed by atoms with van der Waals surface area (Å²) in [5, 5.41) is 12.2. The van der Waals surface area contributed by atoms with Crippen molar-refractivity contribution in [1.82, 2.24) is 14.8 Å². The van der Waals surface area contributed by atoms with Crippen LogP contribution in [0.15, 0.2) is 53.7 Å². The number of carbonyl (C=O) groups is 2. The van der Waals surface area contributed by atoms with Crippen LogP contribution >= 0.6 is 23.4 Å². The highest BCUT2D eigenvalue weighted by atomic mass is 35.5. The number of amides is 1. The van der Waals surface area contributed by atoms with E-state index in [1.807, 2.05) is 23.7 Å². The Kier molecular flexibility index (Phi) is 6.16. The maximum absolute atomic E-state index is 12.5. The van der Waals surface area contributed by atoms with E-state index < -0.39 is 0 Å². The van der Waals surface area contributed by atoms with Crippen molar-refractivity contribution in [3.8, 4) is 11.4 Å². The van der Waals surface area contributed by atoms with E-state index in [9.17, 15) is 9.59 Å². The maximum Gasteiger partial charge on any atom is 0.237 e. The smallest absolute Gasteiger partial charge is 0.237 e. The molecule has 2 aromatic carbocycles. The molecule has 3 aromatic rings. The minimum absolute atomic E-state index is 0.0134. The SMILES string of the molecule is CC(=O)c1ccc(NC(=O)[C@H](C)Sc2nnc(-c3ccc(Cl)cc3)n2C)cc1. The fourth-order valence-corrected chi connectivity index (χ4v) is 3.45. The minimum Gasteiger partial charge on any atom is -0.325 e. The number of thioether (sulfide) groups is 1. The first-order chi connectivity index (χ1) is 13.3. The van der Waals surface area contributed by atoms with Crippen LogP contribution < -0.4 is 5.32 Å². The number of halogens is 1. The molecule has 0 radical (unpaired) electrons. The molecule has 3 rings (SSSR count). The fourth-order valence-electron chi connectivity index (χ4n) is 2.51. The lowest BCUT2D eigenvalue weighted by atomic mass is 10.1. The van der Waals surface area contributed by atoms with Crippen LogP contribution in [-0.2, 0) is 11.8 Å². The van der Waals surface area contributed by atoms with Crippen molar-refractivity contribution in [2.75, 3.05) is 5.32 Å². The summed E-state index contributed by atoms with van der Waals surface area (Å²) >= 11 is 7.25. The lowest BCUT2D eigenvalue weighted by Gasteiger charge is -2.12. The Balaban J connectivity index is 1.67. The zero-order valence-corrected chi connectivity index (χ0v) is 17.2. The third-order valence-corrected chi connectivity index (χ3v) is 5.53. The Morgan fingerprint density at radius 3 is 2.32 bits per heavy atom. The van der Waals surface area contributed by atoms with Crippen LogP contribution in [0.2, 0.25) is 5.02 Å². The summed E-state index contributed by atoms with van der Waals surface area (Å²) in [4.78, 5) is 23.8. The van der Waals surface area contributed by atoms with Gasteiger partial charge in [0.25, 0.3) is 0 Å². The summed E-state index contributed by atoms with van der Waals surface area (Å²) in [7, 11) is 1.86. The molecule has 1 heterocycles. The Hall–Kier alpha value is -2.64. The average molecular weight is 415 g/mol. The Morgan fingerprint density at radius 1 is 1.07 bits per heavy atom. The first-order valence-electron chi connectivity index (χ1n) is 8.59. The molecule has 1 amide bonds. The van der Waals surface area contributed by atoms with E-state index in [1.165, 1.54) is 18.7 Å². The quantitative estimate of drug-likeness (QED) is 0.476. The molecule has 0 fully saturated rings. The monoisotopic (exact) mass is 414 g/mol. The van der Waals surface area contributed by atoms with Crippen molar-refractivity contribution in [2.24, 2.45) is 7.05 Å². The van der Waals surface area contributed by atoms with E-state index in [1.54, 1.807) is 43.3 Å². The number of aromatic nitrogens is 3. The number of hydrogen-bond acceptors (Lipinski definition) is 5. The molecule has 0 unspecified atom stereocenters. The second-order valence-electron chi connectivity index (χ2n) is 6.25. The fraction of sp³-hybridized carbons (Fsp3) is 0.200. The second kappa shape index (κ2) is 8.58. The van der Waals surface area contributed by atoms with Crippen molar-refractivity contribution in [1.29, 1.82) is 0 Å². The Labute approximate surface area is 172 Å². The van der Waals surface area contributed by atoms with Crippen LogP contribution in [0, 0.1) is 0 Å². The molecule has 1 N–H and O–H groups in total. The molecule has 8 heteroatoms. The van der Waals surface area contributed by atoms with Crippen LogP contribution in [-0.4, -0.2) is 31.7 Å². The van der Waals surface area contributed by atoms with Gasteiger partial charge in [-0.1, -0.05) is 23.4 Å². The number of nitrogens with zero attached hydrogens (tertiary/aromatic N) is 3. The number of hydrogen-bond donors (Lipinski definition) is 1. The third kappa shape index (κ3) is 4.61. The van der Waals surface area contributed by atoms with Crippen LogP contribution in [0.1, 0.15) is 24.2 Å². The predicted octanol–water partition coefficient (Wildman–Crippen LogP) is 4.46. The van der Waals surface area contributed by atoms with E-state index in [4.69, 9.17) is 11.6 Å². The Morgan fingerprint density at radius 2 is 1.71 bits per heavy atom. The topological polar surface area (TPSA) is 76.9 Å². The van der Waals surface area contributed by atoms with E-state index in [0.29, 0.717) is 27.3 Å². The van der Waals surface area contributed by atoms with Crippen molar-refractivity contribution in [3.05, 3.63) is 59.1 Å². The highest BCUT2D eigenvalue weighted by Crippen LogP contribution is 2.27. The van der Waals surface area contributed by atoms with Gasteiger partial charge in [-0.05, 0) is 62.4 Å². The molecule has 1 atom stereocenters. The lowest BCUT2D eigenvalue weighted by molar-refractivity contribution is -0.115. The minimum atomic E-state index is -0.381. The van der Waals surface area contributed by atoms with Gasteiger partial charge in [-0.25, -0.2) is 0 Å². The van der Waals surface area contributed by atoms with Crippen LogP contribution in [0.4, 0.5) is 5.69 Å². The number of carbonyl (C=O) groups excluding carboxylic acids is 2. The molecule has 6 nitrogen and oxygen atoms in total. The van der Waals surface area contributed by atoms with E-state index in [-0.39, 0.29) is 16.9 Å². The van der Waals surface area contributed by atoms with Crippen molar-refractivity contribution in [2.45, 2.75) is 24.3 Å². The van der Waals surface area contributed by atoms with Gasteiger partial charge >= 0.3 is 0 Å². The zero-order valence-electron chi connectivity index (χ0n) is 15.6. The van der Waals surface area contributed by atoms with Gasteiger partial charge in [-0.3, -0.25) is 9.59 Å². The highest BCUT2D eigenvalue weighted by molar-refractivity contribution is 8.00. The molecule has 144 valence electrons. The molecule has 0 saturated carbocycles. The number of anilines is 1. The number of nitrogens with one attached hydrogen (secondary N) is 1. The molecular weight excluding hydrogens is 396 g/mol. The molecule has 0 aliphatic heterocycles. The lowest BCUT2D eigenvalue weighted by Crippen LogP contribution is -2.22. The van der Waals surface area contributed by atoms with Gasteiger partial charge in [0.1, 0.15) is 0 Å². The number of rotatable bonds is 6. The highest BCUT2D eigenvalue weighted by Gasteiger charge is 2.19. The Bertz CT molecular complexity index is 1000. The first kappa shape index (κ1) is 20.1. The largest absolute Gasteiger partial charge is 0.325 e. The third-order valence-electron chi connectivity index (χ3n) is 4.15. The van der Waals surface area contributed by atoms with Crippen LogP contribution in [0.5, 0.6) is 0 Å². The van der Waals surface area contributed by atoms with Gasteiger partial charge in [0.2, 0.25) is 5.91 Å². The number of benzene rings is 2. The van der Waals surface area contributed by atoms with Gasteiger partial charge in [0.05, 0.1) is 5.25 Å². The number of ketones is 1. The van der Waals surface area contributed by atoms with Gasteiger partial charge < -0.3 is 9.88 Å². The second-order valence-corrected chi connectivity index (χ2v) is 8.00. The summed E-state index contributed by atoms with van der Waals surface area (Å²) in [6.07, 6.45) is 0. The van der Waals surface area contributed by atoms with Crippen molar-refractivity contribution < 1.29 is 9.59 Å². The maximum atomic E-state index is 12.5. The van der Waals surface area contributed by atoms with Crippen LogP contribution in [0.25, 0.3) is 11.4 Å². The van der Waals surface area contributed by atoms with E-state index in [2.05, 4.69) is 15.5 Å². The molecule has 0 bridgehead atoms. The molecule has 0 aliphatic rings. The van der Waals surface area contributed by atoms with Crippen molar-refractivity contribution >= 4 is 40.7 Å². The summed E-state index contributed by atoms with van der Waals surface area (Å²) in [6.45, 7) is 3.31. The average Bonchev–Trinajstić information content (AvgIpc) is 3.03. The molecule has 28 heavy (non-hydrogen) atoms. The first-order valence-corrected chi connectivity index (χ1v) is 9.85. The summed E-state index contributed by atoms with van der Waals surface area (Å²) in [6, 6.07) is 14.2. The zero-order chi connectivity index (χ0) is 20.3. The van der Waals surface area contributed by atoms with Gasteiger partial charge in [-0.15, -0.1) is 10.2 Å². The standard InChI is InChI=1S/C20H19ClN4O2S/c1-12(26)14-6-10-17(11-7-14)22-19(27)13(2)28-20-24-23-18(25(20)3)15-4-8-16(21)9-5-15/h4-11,13H,1-3H3,(H,22,27)/t13-/m0/s1. The van der Waals surface area contributed by atoms with E-state index in [0.717, 1.165) is 5.56 Å². The van der Waals surface area contributed by atoms with Gasteiger partial charge in [0, 0.05) is 28.9 Å².